The highest BCUT2D eigenvalue weighted by molar-refractivity contribution is 5.75. The first kappa shape index (κ1) is 15.1. The molecule has 0 aromatic rings. The summed E-state index contributed by atoms with van der Waals surface area (Å²) >= 11 is 0. The summed E-state index contributed by atoms with van der Waals surface area (Å²) in [5.74, 6) is -0.888. The van der Waals surface area contributed by atoms with E-state index < -0.39 is 5.97 Å². The molecule has 2 fully saturated rings. The minimum Gasteiger partial charge on any atom is -0.481 e. The van der Waals surface area contributed by atoms with Gasteiger partial charge in [0.25, 0.3) is 0 Å². The molecular weight excluding hydrogens is 262 g/mol. The van der Waals surface area contributed by atoms with Crippen LogP contribution in [0.25, 0.3) is 0 Å². The molecule has 114 valence electrons. The van der Waals surface area contributed by atoms with E-state index in [0.717, 1.165) is 32.7 Å². The van der Waals surface area contributed by atoms with Crippen molar-refractivity contribution in [3.63, 3.8) is 0 Å². The van der Waals surface area contributed by atoms with Crippen molar-refractivity contribution in [2.24, 2.45) is 0 Å². The fourth-order valence-electron chi connectivity index (χ4n) is 2.67. The van der Waals surface area contributed by atoms with Crippen molar-refractivity contribution < 1.29 is 19.4 Å². The molecule has 20 heavy (non-hydrogen) atoms. The first-order valence-corrected chi connectivity index (χ1v) is 7.19. The van der Waals surface area contributed by atoms with Gasteiger partial charge in [0, 0.05) is 39.3 Å². The third-order valence-corrected chi connectivity index (χ3v) is 3.90. The largest absolute Gasteiger partial charge is 0.481 e. The molecule has 2 aliphatic heterocycles. The summed E-state index contributed by atoms with van der Waals surface area (Å²) in [7, 11) is 0. The maximum Gasteiger partial charge on any atom is 0.320 e. The molecule has 7 nitrogen and oxygen atoms in total. The van der Waals surface area contributed by atoms with Crippen LogP contribution in [0.3, 0.4) is 0 Å². The minimum atomic E-state index is -0.888. The number of aliphatic carboxylic acids is 1. The molecule has 2 heterocycles. The zero-order valence-corrected chi connectivity index (χ0v) is 12.0. The summed E-state index contributed by atoms with van der Waals surface area (Å²) in [6.45, 7) is 7.77. The first-order chi connectivity index (χ1) is 9.60. The smallest absolute Gasteiger partial charge is 0.320 e. The number of carbonyl (C=O) groups excluding carboxylic acids is 1. The van der Waals surface area contributed by atoms with Gasteiger partial charge in [0.05, 0.1) is 19.1 Å². The molecule has 1 unspecified atom stereocenters. The Morgan fingerprint density at radius 2 is 1.85 bits per heavy atom. The van der Waals surface area contributed by atoms with Crippen LogP contribution >= 0.6 is 0 Å². The Hall–Kier alpha value is -1.34. The SMILES string of the molecule is CCN1CCN(C(=O)N2CCOC(CC(=O)O)C2)CC1. The van der Waals surface area contributed by atoms with E-state index in [1.165, 1.54) is 0 Å². The summed E-state index contributed by atoms with van der Waals surface area (Å²) in [6.07, 6.45) is -0.435. The number of carboxylic acid groups (broad SMARTS) is 1. The van der Waals surface area contributed by atoms with Gasteiger partial charge in [-0.15, -0.1) is 0 Å². The van der Waals surface area contributed by atoms with Crippen molar-refractivity contribution in [2.75, 3.05) is 52.4 Å². The number of carboxylic acids is 1. The van der Waals surface area contributed by atoms with Crippen LogP contribution in [0.2, 0.25) is 0 Å². The Morgan fingerprint density at radius 1 is 1.15 bits per heavy atom. The molecule has 0 aromatic heterocycles. The zero-order chi connectivity index (χ0) is 14.5. The van der Waals surface area contributed by atoms with E-state index in [-0.39, 0.29) is 18.6 Å². The van der Waals surface area contributed by atoms with E-state index in [9.17, 15) is 9.59 Å². The number of likely N-dealkylation sites (N-methyl/N-ethyl adjacent to an activating group) is 1. The van der Waals surface area contributed by atoms with Gasteiger partial charge < -0.3 is 24.5 Å². The van der Waals surface area contributed by atoms with Gasteiger partial charge in [-0.3, -0.25) is 4.79 Å². The second-order valence-electron chi connectivity index (χ2n) is 5.24. The molecule has 0 saturated carbocycles. The Kier molecular flexibility index (Phi) is 5.19. The molecule has 2 rings (SSSR count). The van der Waals surface area contributed by atoms with Gasteiger partial charge in [0.1, 0.15) is 0 Å². The molecule has 0 spiro atoms. The van der Waals surface area contributed by atoms with Crippen LogP contribution in [-0.2, 0) is 9.53 Å². The molecule has 0 aliphatic carbocycles. The number of hydrogen-bond acceptors (Lipinski definition) is 4. The predicted molar refractivity (Wildman–Crippen MR) is 72.6 cm³/mol. The summed E-state index contributed by atoms with van der Waals surface area (Å²) in [4.78, 5) is 29.0. The highest BCUT2D eigenvalue weighted by Crippen LogP contribution is 2.12. The number of rotatable bonds is 3. The predicted octanol–water partition coefficient (Wildman–Crippen LogP) is -0.0806. The Balaban J connectivity index is 1.84. The topological polar surface area (TPSA) is 73.3 Å². The summed E-state index contributed by atoms with van der Waals surface area (Å²) < 4.78 is 5.39. The van der Waals surface area contributed by atoms with Crippen molar-refractivity contribution in [2.45, 2.75) is 19.4 Å². The van der Waals surface area contributed by atoms with Crippen LogP contribution in [0.1, 0.15) is 13.3 Å². The normalized spacial score (nSPS) is 24.8. The molecule has 0 bridgehead atoms. The summed E-state index contributed by atoms with van der Waals surface area (Å²) in [6, 6.07) is 0.0134. The van der Waals surface area contributed by atoms with Crippen molar-refractivity contribution >= 4 is 12.0 Å². The lowest BCUT2D eigenvalue weighted by molar-refractivity contribution is -0.141. The number of urea groups is 1. The number of nitrogens with zero attached hydrogens (tertiary/aromatic N) is 3. The molecule has 0 aromatic carbocycles. The lowest BCUT2D eigenvalue weighted by Gasteiger charge is -2.39. The van der Waals surface area contributed by atoms with Crippen LogP contribution in [0.5, 0.6) is 0 Å². The monoisotopic (exact) mass is 285 g/mol. The first-order valence-electron chi connectivity index (χ1n) is 7.19. The average molecular weight is 285 g/mol. The zero-order valence-electron chi connectivity index (χ0n) is 12.0. The number of piperazine rings is 1. The van der Waals surface area contributed by atoms with Crippen LogP contribution < -0.4 is 0 Å². The molecule has 2 saturated heterocycles. The molecular formula is C13H23N3O4. The molecule has 7 heteroatoms. The van der Waals surface area contributed by atoms with Crippen molar-refractivity contribution in [3.05, 3.63) is 0 Å². The van der Waals surface area contributed by atoms with Gasteiger partial charge in [-0.25, -0.2) is 4.79 Å². The van der Waals surface area contributed by atoms with E-state index >= 15 is 0 Å². The molecule has 2 amide bonds. The minimum absolute atomic E-state index is 0.0134. The van der Waals surface area contributed by atoms with Crippen LogP contribution in [0, 0.1) is 0 Å². The van der Waals surface area contributed by atoms with Crippen LogP contribution in [0.15, 0.2) is 0 Å². The molecule has 1 atom stereocenters. The number of morpholine rings is 1. The average Bonchev–Trinajstić information content (AvgIpc) is 2.46. The van der Waals surface area contributed by atoms with Gasteiger partial charge in [0.15, 0.2) is 0 Å². The maximum atomic E-state index is 12.4. The van der Waals surface area contributed by atoms with Gasteiger partial charge >= 0.3 is 12.0 Å². The van der Waals surface area contributed by atoms with E-state index in [0.29, 0.717) is 19.7 Å². The van der Waals surface area contributed by atoms with Gasteiger partial charge in [-0.1, -0.05) is 6.92 Å². The number of ether oxygens (including phenoxy) is 1. The highest BCUT2D eigenvalue weighted by atomic mass is 16.5. The Morgan fingerprint density at radius 3 is 2.45 bits per heavy atom. The summed E-state index contributed by atoms with van der Waals surface area (Å²) in [5, 5.41) is 8.80. The molecule has 2 aliphatic rings. The standard InChI is InChI=1S/C13H23N3O4/c1-2-14-3-5-15(6-4-14)13(19)16-7-8-20-11(10-16)9-12(17)18/h11H,2-10H2,1H3,(H,17,18). The maximum absolute atomic E-state index is 12.4. The highest BCUT2D eigenvalue weighted by Gasteiger charge is 2.30. The molecule has 0 radical (unpaired) electrons. The number of hydrogen-bond donors (Lipinski definition) is 1. The lowest BCUT2D eigenvalue weighted by atomic mass is 10.2. The van der Waals surface area contributed by atoms with E-state index in [1.807, 2.05) is 4.90 Å². The van der Waals surface area contributed by atoms with Crippen LogP contribution in [0.4, 0.5) is 4.79 Å². The third-order valence-electron chi connectivity index (χ3n) is 3.90. The fraction of sp³-hybridized carbons (Fsp3) is 0.846. The summed E-state index contributed by atoms with van der Waals surface area (Å²) in [5.41, 5.74) is 0. The number of carbonyl (C=O) groups is 2. The molecule has 1 N–H and O–H groups in total. The Bertz CT molecular complexity index is 356. The third kappa shape index (κ3) is 3.83. The van der Waals surface area contributed by atoms with Crippen molar-refractivity contribution in [1.82, 2.24) is 14.7 Å². The lowest BCUT2D eigenvalue weighted by Crippen LogP contribution is -2.56. The van der Waals surface area contributed by atoms with Crippen molar-refractivity contribution in [1.29, 1.82) is 0 Å². The second-order valence-corrected chi connectivity index (χ2v) is 5.24. The van der Waals surface area contributed by atoms with Gasteiger partial charge in [-0.05, 0) is 6.54 Å². The second kappa shape index (κ2) is 6.90. The van der Waals surface area contributed by atoms with Gasteiger partial charge in [0.2, 0.25) is 0 Å². The van der Waals surface area contributed by atoms with E-state index in [4.69, 9.17) is 9.84 Å². The van der Waals surface area contributed by atoms with Crippen molar-refractivity contribution in [3.8, 4) is 0 Å². The van der Waals surface area contributed by atoms with Crippen LogP contribution in [-0.4, -0.2) is 90.3 Å². The quantitative estimate of drug-likeness (QED) is 0.785. The van der Waals surface area contributed by atoms with E-state index in [2.05, 4.69) is 11.8 Å². The van der Waals surface area contributed by atoms with E-state index in [1.54, 1.807) is 4.90 Å². The fourth-order valence-corrected chi connectivity index (χ4v) is 2.67. The number of amides is 2. The van der Waals surface area contributed by atoms with Gasteiger partial charge in [-0.2, -0.15) is 0 Å². The Labute approximate surface area is 119 Å².